The third-order valence-electron chi connectivity index (χ3n) is 5.15. The second-order valence-electron chi connectivity index (χ2n) is 6.98. The molecule has 6 nitrogen and oxygen atoms in total. The molecule has 24 heavy (non-hydrogen) atoms. The minimum absolute atomic E-state index is 0.0338. The van der Waals surface area contributed by atoms with E-state index in [-0.39, 0.29) is 23.7 Å². The Balaban J connectivity index is 1.58. The quantitative estimate of drug-likeness (QED) is 0.876. The zero-order valence-electron chi connectivity index (χ0n) is 14.4. The number of aromatic nitrogens is 1. The molecule has 130 valence electrons. The number of anilines is 1. The first-order valence-corrected chi connectivity index (χ1v) is 8.78. The Kier molecular flexibility index (Phi) is 5.14. The van der Waals surface area contributed by atoms with Gasteiger partial charge in [-0.2, -0.15) is 0 Å². The van der Waals surface area contributed by atoms with Gasteiger partial charge in [0.25, 0.3) is 0 Å². The molecule has 2 unspecified atom stereocenters. The number of hydrogen-bond donors (Lipinski definition) is 2. The van der Waals surface area contributed by atoms with Gasteiger partial charge in [0.15, 0.2) is 0 Å². The van der Waals surface area contributed by atoms with Gasteiger partial charge < -0.3 is 15.5 Å². The average Bonchev–Trinajstić information content (AvgIpc) is 2.52. The van der Waals surface area contributed by atoms with Crippen LogP contribution < -0.4 is 10.6 Å². The Labute approximate surface area is 143 Å². The maximum absolute atomic E-state index is 12.7. The monoisotopic (exact) mass is 330 g/mol. The van der Waals surface area contributed by atoms with Crippen molar-refractivity contribution >= 4 is 17.6 Å². The highest BCUT2D eigenvalue weighted by molar-refractivity contribution is 5.92. The molecule has 1 aromatic rings. The van der Waals surface area contributed by atoms with Crippen molar-refractivity contribution in [3.63, 3.8) is 0 Å². The first kappa shape index (κ1) is 16.9. The van der Waals surface area contributed by atoms with Crippen molar-refractivity contribution in [1.82, 2.24) is 15.2 Å². The highest BCUT2D eigenvalue weighted by Crippen LogP contribution is 2.23. The number of amides is 2. The molecule has 6 heteroatoms. The van der Waals surface area contributed by atoms with E-state index < -0.39 is 0 Å². The number of likely N-dealkylation sites (tertiary alicyclic amines) is 1. The predicted molar refractivity (Wildman–Crippen MR) is 92.4 cm³/mol. The van der Waals surface area contributed by atoms with Gasteiger partial charge in [0.2, 0.25) is 11.8 Å². The van der Waals surface area contributed by atoms with Crippen LogP contribution in [-0.4, -0.2) is 47.9 Å². The summed E-state index contributed by atoms with van der Waals surface area (Å²) in [6.45, 7) is 7.02. The molecule has 2 aliphatic heterocycles. The molecule has 2 atom stereocenters. The number of hydrogen-bond acceptors (Lipinski definition) is 4. The fraction of sp³-hybridized carbons (Fsp3) is 0.611. The topological polar surface area (TPSA) is 74.3 Å². The molecule has 0 radical (unpaired) electrons. The third-order valence-corrected chi connectivity index (χ3v) is 5.15. The molecular formula is C18H26N4O2. The summed E-state index contributed by atoms with van der Waals surface area (Å²) in [4.78, 5) is 31.4. The molecule has 3 rings (SSSR count). The fourth-order valence-corrected chi connectivity index (χ4v) is 3.39. The van der Waals surface area contributed by atoms with Crippen molar-refractivity contribution in [3.8, 4) is 0 Å². The zero-order chi connectivity index (χ0) is 17.1. The molecule has 0 aliphatic carbocycles. The molecule has 2 N–H and O–H groups in total. The van der Waals surface area contributed by atoms with Crippen LogP contribution in [0.3, 0.4) is 0 Å². The summed E-state index contributed by atoms with van der Waals surface area (Å²) in [5.41, 5.74) is 0.871. The number of nitrogens with one attached hydrogen (secondary N) is 2. The van der Waals surface area contributed by atoms with E-state index >= 15 is 0 Å². The first-order valence-electron chi connectivity index (χ1n) is 8.78. The lowest BCUT2D eigenvalue weighted by atomic mass is 9.87. The number of carbonyl (C=O) groups is 2. The van der Waals surface area contributed by atoms with E-state index in [4.69, 9.17) is 0 Å². The number of nitrogens with zero attached hydrogens (tertiary/aromatic N) is 2. The normalized spacial score (nSPS) is 22.6. The van der Waals surface area contributed by atoms with Crippen LogP contribution in [0.4, 0.5) is 5.82 Å². The summed E-state index contributed by atoms with van der Waals surface area (Å²) >= 11 is 0. The highest BCUT2D eigenvalue weighted by atomic mass is 16.2. The standard InChI is InChI=1S/C18H26N4O2/c1-12-5-3-7-16(20-12)21-17(23)14-6-4-8-22(11-14)18(24)13(2)15-9-19-10-15/h3,5,7,13-15,19H,4,6,8-11H2,1-2H3,(H,20,21,23). The number of piperidine rings is 1. The minimum atomic E-state index is -0.156. The molecule has 3 heterocycles. The molecule has 0 saturated carbocycles. The summed E-state index contributed by atoms with van der Waals surface area (Å²) in [6, 6.07) is 5.57. The Morgan fingerprint density at radius 1 is 1.38 bits per heavy atom. The summed E-state index contributed by atoms with van der Waals surface area (Å²) in [7, 11) is 0. The molecule has 2 amide bonds. The van der Waals surface area contributed by atoms with E-state index in [0.29, 0.717) is 18.3 Å². The van der Waals surface area contributed by atoms with Gasteiger partial charge in [-0.1, -0.05) is 13.0 Å². The van der Waals surface area contributed by atoms with Crippen molar-refractivity contribution < 1.29 is 9.59 Å². The number of carbonyl (C=O) groups excluding carboxylic acids is 2. The number of rotatable bonds is 4. The Morgan fingerprint density at radius 2 is 2.17 bits per heavy atom. The van der Waals surface area contributed by atoms with Crippen molar-refractivity contribution in [2.75, 3.05) is 31.5 Å². The molecular weight excluding hydrogens is 304 g/mol. The zero-order valence-corrected chi connectivity index (χ0v) is 14.4. The maximum Gasteiger partial charge on any atom is 0.230 e. The number of aryl methyl sites for hydroxylation is 1. The smallest absolute Gasteiger partial charge is 0.230 e. The van der Waals surface area contributed by atoms with Crippen LogP contribution in [0.2, 0.25) is 0 Å². The van der Waals surface area contributed by atoms with E-state index in [0.717, 1.165) is 38.2 Å². The molecule has 0 bridgehead atoms. The molecule has 0 aromatic carbocycles. The first-order chi connectivity index (χ1) is 11.5. The van der Waals surface area contributed by atoms with Gasteiger partial charge in [0, 0.05) is 24.7 Å². The Bertz CT molecular complexity index is 615. The van der Waals surface area contributed by atoms with E-state index in [1.54, 1.807) is 6.07 Å². The Morgan fingerprint density at radius 3 is 2.83 bits per heavy atom. The lowest BCUT2D eigenvalue weighted by Crippen LogP contribution is -2.52. The van der Waals surface area contributed by atoms with E-state index in [2.05, 4.69) is 15.6 Å². The van der Waals surface area contributed by atoms with Crippen LogP contribution in [0.25, 0.3) is 0 Å². The van der Waals surface area contributed by atoms with Gasteiger partial charge >= 0.3 is 0 Å². The SMILES string of the molecule is Cc1cccc(NC(=O)C2CCCN(C(=O)C(C)C3CNC3)C2)n1. The molecule has 1 aromatic heterocycles. The number of pyridine rings is 1. The van der Waals surface area contributed by atoms with Crippen LogP contribution in [0.15, 0.2) is 18.2 Å². The maximum atomic E-state index is 12.7. The van der Waals surface area contributed by atoms with Crippen LogP contribution in [0.1, 0.15) is 25.5 Å². The average molecular weight is 330 g/mol. The Hall–Kier alpha value is -1.95. The molecule has 2 aliphatic rings. The summed E-state index contributed by atoms with van der Waals surface area (Å²) in [5.74, 6) is 1.04. The highest BCUT2D eigenvalue weighted by Gasteiger charge is 2.35. The minimum Gasteiger partial charge on any atom is -0.342 e. The van der Waals surface area contributed by atoms with Crippen molar-refractivity contribution in [2.24, 2.45) is 17.8 Å². The predicted octanol–water partition coefficient (Wildman–Crippen LogP) is 1.42. The van der Waals surface area contributed by atoms with Gasteiger partial charge in [-0.15, -0.1) is 0 Å². The van der Waals surface area contributed by atoms with Crippen LogP contribution in [0.5, 0.6) is 0 Å². The summed E-state index contributed by atoms with van der Waals surface area (Å²) in [6.07, 6.45) is 1.70. The van der Waals surface area contributed by atoms with Crippen LogP contribution >= 0.6 is 0 Å². The second kappa shape index (κ2) is 7.30. The summed E-state index contributed by atoms with van der Waals surface area (Å²) in [5, 5.41) is 6.11. The van der Waals surface area contributed by atoms with Crippen LogP contribution in [0, 0.1) is 24.7 Å². The van der Waals surface area contributed by atoms with Gasteiger partial charge in [-0.3, -0.25) is 9.59 Å². The van der Waals surface area contributed by atoms with Crippen molar-refractivity contribution in [2.45, 2.75) is 26.7 Å². The van der Waals surface area contributed by atoms with Crippen molar-refractivity contribution in [3.05, 3.63) is 23.9 Å². The van der Waals surface area contributed by atoms with Gasteiger partial charge in [0.1, 0.15) is 5.82 Å². The van der Waals surface area contributed by atoms with Crippen molar-refractivity contribution in [1.29, 1.82) is 0 Å². The van der Waals surface area contributed by atoms with Gasteiger partial charge in [0.05, 0.1) is 5.92 Å². The molecule has 2 saturated heterocycles. The van der Waals surface area contributed by atoms with E-state index in [9.17, 15) is 9.59 Å². The molecule has 2 fully saturated rings. The van der Waals surface area contributed by atoms with E-state index in [1.165, 1.54) is 0 Å². The lowest BCUT2D eigenvalue weighted by Gasteiger charge is -2.38. The lowest BCUT2D eigenvalue weighted by molar-refractivity contribution is -0.140. The largest absolute Gasteiger partial charge is 0.342 e. The fourth-order valence-electron chi connectivity index (χ4n) is 3.39. The van der Waals surface area contributed by atoms with E-state index in [1.807, 2.05) is 30.9 Å². The second-order valence-corrected chi connectivity index (χ2v) is 6.98. The van der Waals surface area contributed by atoms with Gasteiger partial charge in [-0.05, 0) is 50.9 Å². The van der Waals surface area contributed by atoms with Gasteiger partial charge in [-0.25, -0.2) is 4.98 Å². The molecule has 0 spiro atoms. The summed E-state index contributed by atoms with van der Waals surface area (Å²) < 4.78 is 0. The third kappa shape index (κ3) is 3.75. The van der Waals surface area contributed by atoms with Crippen LogP contribution in [-0.2, 0) is 9.59 Å².